The molecule has 3 nitrogen and oxygen atoms in total. The fraction of sp³-hybridized carbons (Fsp3) is 0.625. The molecule has 1 N–H and O–H groups in total. The molecule has 0 heterocycles. The molecule has 0 amide bonds. The third-order valence-corrected chi connectivity index (χ3v) is 3.86. The van der Waals surface area contributed by atoms with E-state index in [0.29, 0.717) is 12.1 Å². The minimum atomic E-state index is 0.484. The van der Waals surface area contributed by atoms with E-state index >= 15 is 0 Å². The van der Waals surface area contributed by atoms with E-state index in [4.69, 9.17) is 16.3 Å². The van der Waals surface area contributed by atoms with Gasteiger partial charge >= 0.3 is 0 Å². The second-order valence-electron chi connectivity index (χ2n) is 5.74. The molecule has 1 saturated carbocycles. The standard InChI is InChI=1S/C16H25ClN2O/c1-12(2)18-11-13-4-7-16(15(17)10-13)19(8-9-20-3)14-5-6-14/h4,7,10,12,14,18H,5-6,8-9,11H2,1-3H3. The van der Waals surface area contributed by atoms with Crippen molar-refractivity contribution in [1.82, 2.24) is 5.32 Å². The summed E-state index contributed by atoms with van der Waals surface area (Å²) in [4.78, 5) is 2.38. The average molecular weight is 297 g/mol. The van der Waals surface area contributed by atoms with Crippen molar-refractivity contribution in [3.05, 3.63) is 28.8 Å². The Kier molecular flexibility index (Phi) is 5.70. The van der Waals surface area contributed by atoms with E-state index in [9.17, 15) is 0 Å². The molecule has 2 rings (SSSR count). The van der Waals surface area contributed by atoms with E-state index in [0.717, 1.165) is 30.4 Å². The second kappa shape index (κ2) is 7.30. The number of ether oxygens (including phenoxy) is 1. The molecule has 0 bridgehead atoms. The van der Waals surface area contributed by atoms with Gasteiger partial charge in [0, 0.05) is 32.3 Å². The number of nitrogens with zero attached hydrogens (tertiary/aromatic N) is 1. The number of anilines is 1. The van der Waals surface area contributed by atoms with Crippen LogP contribution in [-0.4, -0.2) is 32.3 Å². The first-order valence-electron chi connectivity index (χ1n) is 7.39. The van der Waals surface area contributed by atoms with E-state index in [-0.39, 0.29) is 0 Å². The lowest BCUT2D eigenvalue weighted by molar-refractivity contribution is 0.205. The molecule has 1 aliphatic carbocycles. The van der Waals surface area contributed by atoms with E-state index in [1.54, 1.807) is 7.11 Å². The Morgan fingerprint density at radius 2 is 2.15 bits per heavy atom. The van der Waals surface area contributed by atoms with Crippen LogP contribution in [0.3, 0.4) is 0 Å². The first-order valence-corrected chi connectivity index (χ1v) is 7.77. The Morgan fingerprint density at radius 3 is 2.70 bits per heavy atom. The first-order chi connectivity index (χ1) is 9.61. The van der Waals surface area contributed by atoms with Crippen molar-refractivity contribution < 1.29 is 4.74 Å². The minimum Gasteiger partial charge on any atom is -0.383 e. The highest BCUT2D eigenvalue weighted by Crippen LogP contribution is 2.35. The highest BCUT2D eigenvalue weighted by Gasteiger charge is 2.30. The molecular formula is C16H25ClN2O. The van der Waals surface area contributed by atoms with Crippen molar-refractivity contribution in [2.24, 2.45) is 0 Å². The van der Waals surface area contributed by atoms with Crippen LogP contribution in [0.25, 0.3) is 0 Å². The summed E-state index contributed by atoms with van der Waals surface area (Å²) >= 11 is 6.48. The molecule has 4 heteroatoms. The van der Waals surface area contributed by atoms with Gasteiger partial charge in [0.2, 0.25) is 0 Å². The zero-order valence-electron chi connectivity index (χ0n) is 12.7. The van der Waals surface area contributed by atoms with Gasteiger partial charge in [-0.3, -0.25) is 0 Å². The van der Waals surface area contributed by atoms with Crippen molar-refractivity contribution in [1.29, 1.82) is 0 Å². The van der Waals surface area contributed by atoms with Gasteiger partial charge in [0.1, 0.15) is 0 Å². The molecular weight excluding hydrogens is 272 g/mol. The Morgan fingerprint density at radius 1 is 1.40 bits per heavy atom. The lowest BCUT2D eigenvalue weighted by atomic mass is 10.1. The van der Waals surface area contributed by atoms with Gasteiger partial charge in [-0.25, -0.2) is 0 Å². The maximum atomic E-state index is 6.48. The van der Waals surface area contributed by atoms with Gasteiger partial charge < -0.3 is 15.0 Å². The summed E-state index contributed by atoms with van der Waals surface area (Å²) in [5, 5.41) is 4.26. The van der Waals surface area contributed by atoms with Crippen LogP contribution in [0.5, 0.6) is 0 Å². The summed E-state index contributed by atoms with van der Waals surface area (Å²) in [7, 11) is 1.74. The molecule has 0 radical (unpaired) electrons. The maximum absolute atomic E-state index is 6.48. The van der Waals surface area contributed by atoms with Gasteiger partial charge in [-0.1, -0.05) is 31.5 Å². The Bertz CT molecular complexity index is 432. The van der Waals surface area contributed by atoms with Crippen LogP contribution in [-0.2, 0) is 11.3 Å². The third kappa shape index (κ3) is 4.37. The van der Waals surface area contributed by atoms with Crippen molar-refractivity contribution >= 4 is 17.3 Å². The number of hydrogen-bond acceptors (Lipinski definition) is 3. The molecule has 0 aromatic heterocycles. The van der Waals surface area contributed by atoms with E-state index in [1.165, 1.54) is 18.4 Å². The monoisotopic (exact) mass is 296 g/mol. The molecule has 1 aliphatic rings. The molecule has 0 spiro atoms. The predicted molar refractivity (Wildman–Crippen MR) is 85.7 cm³/mol. The van der Waals surface area contributed by atoms with E-state index < -0.39 is 0 Å². The Labute approximate surface area is 127 Å². The molecule has 0 aliphatic heterocycles. The van der Waals surface area contributed by atoms with Crippen LogP contribution in [0.4, 0.5) is 5.69 Å². The zero-order chi connectivity index (χ0) is 14.5. The normalized spacial score (nSPS) is 14.8. The number of benzene rings is 1. The van der Waals surface area contributed by atoms with Crippen molar-refractivity contribution in [3.63, 3.8) is 0 Å². The highest BCUT2D eigenvalue weighted by atomic mass is 35.5. The van der Waals surface area contributed by atoms with Crippen LogP contribution < -0.4 is 10.2 Å². The largest absolute Gasteiger partial charge is 0.383 e. The first kappa shape index (κ1) is 15.6. The van der Waals surface area contributed by atoms with Crippen molar-refractivity contribution in [2.75, 3.05) is 25.2 Å². The minimum absolute atomic E-state index is 0.484. The molecule has 0 saturated heterocycles. The fourth-order valence-electron chi connectivity index (χ4n) is 2.29. The fourth-order valence-corrected chi connectivity index (χ4v) is 2.60. The second-order valence-corrected chi connectivity index (χ2v) is 6.15. The summed E-state index contributed by atoms with van der Waals surface area (Å²) < 4.78 is 5.21. The lowest BCUT2D eigenvalue weighted by Crippen LogP contribution is -2.29. The lowest BCUT2D eigenvalue weighted by Gasteiger charge is -2.25. The summed E-state index contributed by atoms with van der Waals surface area (Å²) in [6.07, 6.45) is 2.52. The number of nitrogens with one attached hydrogen (secondary N) is 1. The summed E-state index contributed by atoms with van der Waals surface area (Å²) in [6, 6.07) is 7.52. The number of halogens is 1. The summed E-state index contributed by atoms with van der Waals surface area (Å²) in [5.74, 6) is 0. The van der Waals surface area contributed by atoms with E-state index in [1.807, 2.05) is 0 Å². The van der Waals surface area contributed by atoms with Crippen molar-refractivity contribution in [3.8, 4) is 0 Å². The summed E-state index contributed by atoms with van der Waals surface area (Å²) in [5.41, 5.74) is 2.37. The topological polar surface area (TPSA) is 24.5 Å². The van der Waals surface area contributed by atoms with Crippen LogP contribution in [0.2, 0.25) is 5.02 Å². The van der Waals surface area contributed by atoms with E-state index in [2.05, 4.69) is 42.3 Å². The molecule has 20 heavy (non-hydrogen) atoms. The number of rotatable bonds is 8. The van der Waals surface area contributed by atoms with Gasteiger partial charge in [0.15, 0.2) is 0 Å². The van der Waals surface area contributed by atoms with Crippen molar-refractivity contribution in [2.45, 2.75) is 45.3 Å². The average Bonchev–Trinajstić information content (AvgIpc) is 3.23. The maximum Gasteiger partial charge on any atom is 0.0642 e. The molecule has 0 atom stereocenters. The zero-order valence-corrected chi connectivity index (χ0v) is 13.4. The predicted octanol–water partition coefficient (Wildman–Crippen LogP) is 3.45. The van der Waals surface area contributed by atoms with Gasteiger partial charge in [0.05, 0.1) is 17.3 Å². The Hall–Kier alpha value is -0.770. The Balaban J connectivity index is 2.06. The third-order valence-electron chi connectivity index (χ3n) is 3.56. The van der Waals surface area contributed by atoms with Crippen LogP contribution in [0.15, 0.2) is 18.2 Å². The SMILES string of the molecule is COCCN(c1ccc(CNC(C)C)cc1Cl)C1CC1. The van der Waals surface area contributed by atoms with Gasteiger partial charge in [-0.05, 0) is 30.5 Å². The van der Waals surface area contributed by atoms with Gasteiger partial charge in [-0.15, -0.1) is 0 Å². The van der Waals surface area contributed by atoms with Gasteiger partial charge in [-0.2, -0.15) is 0 Å². The molecule has 1 aromatic carbocycles. The smallest absolute Gasteiger partial charge is 0.0642 e. The van der Waals surface area contributed by atoms with Crippen LogP contribution in [0.1, 0.15) is 32.3 Å². The quantitative estimate of drug-likeness (QED) is 0.795. The summed E-state index contributed by atoms with van der Waals surface area (Å²) in [6.45, 7) is 6.80. The van der Waals surface area contributed by atoms with Gasteiger partial charge in [0.25, 0.3) is 0 Å². The molecule has 112 valence electrons. The molecule has 1 aromatic rings. The highest BCUT2D eigenvalue weighted by molar-refractivity contribution is 6.33. The van der Waals surface area contributed by atoms with Crippen LogP contribution in [0, 0.1) is 0 Å². The number of hydrogen-bond donors (Lipinski definition) is 1. The molecule has 0 unspecified atom stereocenters. The number of methoxy groups -OCH3 is 1. The molecule has 1 fully saturated rings. The van der Waals surface area contributed by atoms with Crippen LogP contribution >= 0.6 is 11.6 Å².